The van der Waals surface area contributed by atoms with Crippen molar-refractivity contribution in [3.8, 4) is 0 Å². The largest absolute Gasteiger partial charge is 0.369 e. The van der Waals surface area contributed by atoms with Gasteiger partial charge in [0.15, 0.2) is 0 Å². The molecule has 0 fully saturated rings. The maximum atomic E-state index is 11.7. The Morgan fingerprint density at radius 1 is 0.567 bits per heavy atom. The highest BCUT2D eigenvalue weighted by Gasteiger charge is 2.14. The molecule has 0 aromatic heterocycles. The van der Waals surface area contributed by atoms with Gasteiger partial charge in [0.2, 0.25) is 5.91 Å². The number of carbonyl (C=O) groups excluding carboxylic acids is 1. The molecule has 0 aliphatic heterocycles. The van der Waals surface area contributed by atoms with E-state index in [0.29, 0.717) is 0 Å². The van der Waals surface area contributed by atoms with Crippen LogP contribution >= 0.6 is 0 Å². The molecule has 0 bridgehead atoms. The molecule has 2 N–H and O–H groups in total. The summed E-state index contributed by atoms with van der Waals surface area (Å²) in [5.41, 5.74) is 5.64. The Hall–Kier alpha value is -0.790. The number of hydrogen-bond donors (Lipinski definition) is 1. The fraction of sp³-hybridized carbons (Fsp3) is 0.893. The molecule has 0 rings (SSSR count). The first-order valence-electron chi connectivity index (χ1n) is 13.7. The molecule has 2 heteroatoms. The van der Waals surface area contributed by atoms with Crippen molar-refractivity contribution in [1.82, 2.24) is 0 Å². The quantitative estimate of drug-likeness (QED) is 0.122. The number of amides is 1. The molecule has 2 nitrogen and oxygen atoms in total. The van der Waals surface area contributed by atoms with Gasteiger partial charge in [-0.25, -0.2) is 0 Å². The van der Waals surface area contributed by atoms with Crippen LogP contribution in [0.25, 0.3) is 0 Å². The topological polar surface area (TPSA) is 43.1 Å². The van der Waals surface area contributed by atoms with Crippen LogP contribution in [0, 0.1) is 5.92 Å². The van der Waals surface area contributed by atoms with Crippen LogP contribution in [0.5, 0.6) is 0 Å². The highest BCUT2D eigenvalue weighted by atomic mass is 16.1. The van der Waals surface area contributed by atoms with Gasteiger partial charge < -0.3 is 5.73 Å². The summed E-state index contributed by atoms with van der Waals surface area (Å²) in [4.78, 5) is 11.7. The first-order chi connectivity index (χ1) is 14.7. The number of carbonyl (C=O) groups is 1. The van der Waals surface area contributed by atoms with E-state index >= 15 is 0 Å². The minimum absolute atomic E-state index is 0.0735. The third-order valence-electron chi connectivity index (χ3n) is 6.37. The smallest absolute Gasteiger partial charge is 0.220 e. The van der Waals surface area contributed by atoms with Crippen molar-refractivity contribution < 1.29 is 4.79 Å². The second-order valence-corrected chi connectivity index (χ2v) is 9.38. The van der Waals surface area contributed by atoms with Crippen molar-refractivity contribution in [2.75, 3.05) is 0 Å². The summed E-state index contributed by atoms with van der Waals surface area (Å²) in [6.45, 7) is 4.54. The van der Waals surface area contributed by atoms with E-state index in [1.54, 1.807) is 0 Å². The molecular formula is C28H55NO. The summed E-state index contributed by atoms with van der Waals surface area (Å²) in [7, 11) is 0. The van der Waals surface area contributed by atoms with Gasteiger partial charge in [-0.15, -0.1) is 0 Å². The Bertz CT molecular complexity index is 377. The standard InChI is InChI=1S/C28H55NO/c1-3-5-7-9-11-13-14-15-16-17-18-20-22-24-26-27(28(29)30)25-23-21-19-12-10-8-6-4-2/h15-16,27H,3-14,17-26H2,1-2H3,(H2,29,30). The van der Waals surface area contributed by atoms with E-state index in [1.165, 1.54) is 122 Å². The van der Waals surface area contributed by atoms with Gasteiger partial charge in [0.1, 0.15) is 0 Å². The zero-order valence-electron chi connectivity index (χ0n) is 20.8. The first-order valence-corrected chi connectivity index (χ1v) is 13.7. The molecule has 0 heterocycles. The van der Waals surface area contributed by atoms with Crippen LogP contribution in [0.2, 0.25) is 0 Å². The summed E-state index contributed by atoms with van der Waals surface area (Å²) in [6.07, 6.45) is 33.1. The SMILES string of the molecule is CCCCCCCCC=CCCCCCCC(CCCCCCCCCC)C(N)=O. The van der Waals surface area contributed by atoms with Crippen LogP contribution < -0.4 is 5.73 Å². The average Bonchev–Trinajstić information content (AvgIpc) is 2.74. The second kappa shape index (κ2) is 24.5. The van der Waals surface area contributed by atoms with Crippen LogP contribution in [0.3, 0.4) is 0 Å². The number of unbranched alkanes of at least 4 members (excludes halogenated alkanes) is 17. The van der Waals surface area contributed by atoms with Gasteiger partial charge in [0, 0.05) is 5.92 Å². The minimum atomic E-state index is -0.0735. The molecule has 1 unspecified atom stereocenters. The Balaban J connectivity index is 3.48. The van der Waals surface area contributed by atoms with Crippen molar-refractivity contribution in [3.05, 3.63) is 12.2 Å². The van der Waals surface area contributed by atoms with Crippen LogP contribution in [0.1, 0.15) is 155 Å². The Morgan fingerprint density at radius 3 is 1.27 bits per heavy atom. The maximum absolute atomic E-state index is 11.7. The molecule has 0 spiro atoms. The van der Waals surface area contributed by atoms with Gasteiger partial charge in [0.25, 0.3) is 0 Å². The lowest BCUT2D eigenvalue weighted by Crippen LogP contribution is -2.23. The maximum Gasteiger partial charge on any atom is 0.220 e. The van der Waals surface area contributed by atoms with E-state index in [1.807, 2.05) is 0 Å². The lowest BCUT2D eigenvalue weighted by Gasteiger charge is -2.13. The van der Waals surface area contributed by atoms with Gasteiger partial charge in [-0.05, 0) is 38.5 Å². The fourth-order valence-corrected chi connectivity index (χ4v) is 4.24. The zero-order valence-corrected chi connectivity index (χ0v) is 20.8. The molecule has 0 aliphatic rings. The van der Waals surface area contributed by atoms with E-state index in [9.17, 15) is 4.79 Å². The van der Waals surface area contributed by atoms with E-state index in [4.69, 9.17) is 5.73 Å². The van der Waals surface area contributed by atoms with Crippen molar-refractivity contribution in [2.24, 2.45) is 11.7 Å². The van der Waals surface area contributed by atoms with Gasteiger partial charge in [0.05, 0.1) is 0 Å². The van der Waals surface area contributed by atoms with E-state index in [-0.39, 0.29) is 11.8 Å². The number of hydrogen-bond acceptors (Lipinski definition) is 1. The molecule has 1 amide bonds. The van der Waals surface area contributed by atoms with E-state index < -0.39 is 0 Å². The summed E-state index contributed by atoms with van der Waals surface area (Å²) in [5, 5.41) is 0. The van der Waals surface area contributed by atoms with Crippen molar-refractivity contribution in [3.63, 3.8) is 0 Å². The number of primary amides is 1. The summed E-state index contributed by atoms with van der Waals surface area (Å²) in [5.74, 6) is 0.0397. The van der Waals surface area contributed by atoms with Crippen molar-refractivity contribution in [1.29, 1.82) is 0 Å². The minimum Gasteiger partial charge on any atom is -0.369 e. The summed E-state index contributed by atoms with van der Waals surface area (Å²) >= 11 is 0. The summed E-state index contributed by atoms with van der Waals surface area (Å²) < 4.78 is 0. The molecule has 0 aromatic carbocycles. The van der Waals surface area contributed by atoms with Gasteiger partial charge in [-0.1, -0.05) is 129 Å². The van der Waals surface area contributed by atoms with Gasteiger partial charge in [-0.3, -0.25) is 4.79 Å². The van der Waals surface area contributed by atoms with Crippen LogP contribution in [0.15, 0.2) is 12.2 Å². The van der Waals surface area contributed by atoms with Crippen molar-refractivity contribution in [2.45, 2.75) is 155 Å². The molecular weight excluding hydrogens is 366 g/mol. The average molecular weight is 422 g/mol. The highest BCUT2D eigenvalue weighted by Crippen LogP contribution is 2.19. The lowest BCUT2D eigenvalue weighted by molar-refractivity contribution is -0.122. The zero-order chi connectivity index (χ0) is 22.1. The van der Waals surface area contributed by atoms with E-state index in [0.717, 1.165) is 19.3 Å². The van der Waals surface area contributed by atoms with Crippen molar-refractivity contribution >= 4 is 5.91 Å². The number of rotatable bonds is 24. The van der Waals surface area contributed by atoms with Gasteiger partial charge in [-0.2, -0.15) is 0 Å². The van der Waals surface area contributed by atoms with Crippen LogP contribution in [-0.2, 0) is 4.79 Å². The normalized spacial score (nSPS) is 12.6. The molecule has 0 aliphatic carbocycles. The molecule has 0 radical (unpaired) electrons. The third kappa shape index (κ3) is 21.9. The number of nitrogens with two attached hydrogens (primary N) is 1. The molecule has 0 saturated carbocycles. The fourth-order valence-electron chi connectivity index (χ4n) is 4.24. The Morgan fingerprint density at radius 2 is 0.900 bits per heavy atom. The molecule has 178 valence electrons. The van der Waals surface area contributed by atoms with Gasteiger partial charge >= 0.3 is 0 Å². The number of allylic oxidation sites excluding steroid dienone is 2. The lowest BCUT2D eigenvalue weighted by atomic mass is 9.93. The first kappa shape index (κ1) is 29.2. The highest BCUT2D eigenvalue weighted by molar-refractivity contribution is 5.76. The molecule has 30 heavy (non-hydrogen) atoms. The molecule has 0 aromatic rings. The predicted molar refractivity (Wildman–Crippen MR) is 135 cm³/mol. The third-order valence-corrected chi connectivity index (χ3v) is 6.37. The Kier molecular flexibility index (Phi) is 23.8. The Labute approximate surface area is 189 Å². The second-order valence-electron chi connectivity index (χ2n) is 9.38. The molecule has 0 saturated heterocycles. The van der Waals surface area contributed by atoms with Crippen LogP contribution in [-0.4, -0.2) is 5.91 Å². The monoisotopic (exact) mass is 421 g/mol. The summed E-state index contributed by atoms with van der Waals surface area (Å²) in [6, 6.07) is 0. The van der Waals surface area contributed by atoms with Crippen LogP contribution in [0.4, 0.5) is 0 Å². The predicted octanol–water partition coefficient (Wildman–Crippen LogP) is 9.27. The van der Waals surface area contributed by atoms with E-state index in [2.05, 4.69) is 26.0 Å². The molecule has 1 atom stereocenters.